The molecule has 0 radical (unpaired) electrons. The van der Waals surface area contributed by atoms with Crippen LogP contribution in [0.5, 0.6) is 0 Å². The van der Waals surface area contributed by atoms with E-state index in [0.717, 1.165) is 0 Å². The Bertz CT molecular complexity index is 410. The molecule has 0 aromatic rings. The lowest BCUT2D eigenvalue weighted by Crippen LogP contribution is -2.51. The Balaban J connectivity index is 4.81. The van der Waals surface area contributed by atoms with Crippen molar-refractivity contribution in [2.45, 2.75) is 58.2 Å². The van der Waals surface area contributed by atoms with E-state index in [1.165, 1.54) is 0 Å². The quantitative estimate of drug-likeness (QED) is 0.182. The summed E-state index contributed by atoms with van der Waals surface area (Å²) in [5.41, 5.74) is 16.2. The molecule has 0 saturated carbocycles. The molecule has 0 aromatic heterocycles. The van der Waals surface area contributed by atoms with Crippen molar-refractivity contribution in [3.8, 4) is 0 Å². The van der Waals surface area contributed by atoms with Crippen LogP contribution in [0.2, 0.25) is 0 Å². The predicted molar refractivity (Wildman–Crippen MR) is 110 cm³/mol. The average Bonchev–Trinajstić information content (AvgIpc) is 2.54. The molecule has 0 aliphatic heterocycles. The van der Waals surface area contributed by atoms with Crippen molar-refractivity contribution in [1.82, 2.24) is 20.9 Å². The zero-order chi connectivity index (χ0) is 21.5. The molecule has 0 spiro atoms. The molecule has 0 saturated heterocycles. The second kappa shape index (κ2) is 15.2. The van der Waals surface area contributed by atoms with Gasteiger partial charge in [-0.05, 0) is 20.8 Å². The third-order valence-corrected chi connectivity index (χ3v) is 3.93. The largest absolute Gasteiger partial charge is 0.352 e. The van der Waals surface area contributed by atoms with E-state index in [2.05, 4.69) is 20.9 Å². The summed E-state index contributed by atoms with van der Waals surface area (Å²) in [6, 6.07) is -0.297. The highest BCUT2D eigenvalue weighted by Gasteiger charge is 2.19. The molecule has 164 valence electrons. The van der Waals surface area contributed by atoms with E-state index in [0.29, 0.717) is 39.3 Å². The third kappa shape index (κ3) is 13.4. The van der Waals surface area contributed by atoms with Crippen molar-refractivity contribution in [1.29, 1.82) is 0 Å². The van der Waals surface area contributed by atoms with Crippen molar-refractivity contribution in [3.05, 3.63) is 0 Å². The zero-order valence-electron chi connectivity index (χ0n) is 17.5. The van der Waals surface area contributed by atoms with Gasteiger partial charge in [0.2, 0.25) is 17.7 Å². The lowest BCUT2D eigenvalue weighted by atomic mass is 10.2. The fourth-order valence-electron chi connectivity index (χ4n) is 2.96. The number of nitrogens with two attached hydrogens (primary N) is 3. The number of carbonyl (C=O) groups is 3. The number of hydrogen-bond acceptors (Lipinski definition) is 7. The van der Waals surface area contributed by atoms with E-state index in [4.69, 9.17) is 17.2 Å². The van der Waals surface area contributed by atoms with E-state index >= 15 is 0 Å². The van der Waals surface area contributed by atoms with E-state index in [-0.39, 0.29) is 55.1 Å². The van der Waals surface area contributed by atoms with Crippen molar-refractivity contribution in [2.75, 3.05) is 39.3 Å². The van der Waals surface area contributed by atoms with Crippen LogP contribution < -0.4 is 33.2 Å². The molecule has 0 aliphatic carbocycles. The fourth-order valence-corrected chi connectivity index (χ4v) is 2.96. The van der Waals surface area contributed by atoms with Gasteiger partial charge in [0.15, 0.2) is 0 Å². The maximum atomic E-state index is 11.8. The van der Waals surface area contributed by atoms with Crippen LogP contribution in [0.3, 0.4) is 0 Å². The molecule has 10 nitrogen and oxygen atoms in total. The van der Waals surface area contributed by atoms with E-state index in [1.54, 1.807) is 0 Å². The maximum Gasteiger partial charge on any atom is 0.221 e. The first-order chi connectivity index (χ1) is 13.2. The molecule has 3 unspecified atom stereocenters. The highest BCUT2D eigenvalue weighted by Crippen LogP contribution is 2.00. The van der Waals surface area contributed by atoms with Gasteiger partial charge in [0, 0.05) is 76.7 Å². The molecule has 0 aliphatic rings. The van der Waals surface area contributed by atoms with Crippen LogP contribution in [0.4, 0.5) is 0 Å². The van der Waals surface area contributed by atoms with Crippen molar-refractivity contribution in [3.63, 3.8) is 0 Å². The number of amides is 3. The molecule has 3 atom stereocenters. The van der Waals surface area contributed by atoms with Gasteiger partial charge in [-0.2, -0.15) is 0 Å². The van der Waals surface area contributed by atoms with Gasteiger partial charge in [-0.3, -0.25) is 19.3 Å². The molecule has 0 fully saturated rings. The minimum atomic E-state index is -0.0991. The lowest BCUT2D eigenvalue weighted by molar-refractivity contribution is -0.122. The van der Waals surface area contributed by atoms with Crippen LogP contribution in [-0.2, 0) is 14.4 Å². The first kappa shape index (κ1) is 26.2. The Kier molecular flexibility index (Phi) is 14.3. The van der Waals surface area contributed by atoms with E-state index in [1.807, 2.05) is 20.8 Å². The summed E-state index contributed by atoms with van der Waals surface area (Å²) in [4.78, 5) is 37.4. The molecule has 9 N–H and O–H groups in total. The predicted octanol–water partition coefficient (Wildman–Crippen LogP) is -2.15. The van der Waals surface area contributed by atoms with Gasteiger partial charge >= 0.3 is 0 Å². The van der Waals surface area contributed by atoms with Gasteiger partial charge in [0.05, 0.1) is 0 Å². The Hall–Kier alpha value is -1.75. The summed E-state index contributed by atoms with van der Waals surface area (Å²) >= 11 is 0. The number of rotatable bonds is 15. The molecular formula is C18H39N7O3. The Morgan fingerprint density at radius 3 is 1.11 bits per heavy atom. The van der Waals surface area contributed by atoms with Gasteiger partial charge in [0.25, 0.3) is 0 Å². The van der Waals surface area contributed by atoms with Crippen LogP contribution >= 0.6 is 0 Å². The van der Waals surface area contributed by atoms with Crippen LogP contribution in [0.15, 0.2) is 0 Å². The molecule has 10 heteroatoms. The third-order valence-electron chi connectivity index (χ3n) is 3.93. The number of hydrogen-bond donors (Lipinski definition) is 6. The van der Waals surface area contributed by atoms with E-state index in [9.17, 15) is 14.4 Å². The summed E-state index contributed by atoms with van der Waals surface area (Å²) in [6.45, 7) is 8.37. The summed E-state index contributed by atoms with van der Waals surface area (Å²) in [7, 11) is 0. The van der Waals surface area contributed by atoms with Gasteiger partial charge in [-0.15, -0.1) is 0 Å². The minimum absolute atomic E-state index is 0.0939. The lowest BCUT2D eigenvalue weighted by Gasteiger charge is -2.31. The smallest absolute Gasteiger partial charge is 0.221 e. The van der Waals surface area contributed by atoms with Gasteiger partial charge in [-0.25, -0.2) is 0 Å². The second-order valence-electron chi connectivity index (χ2n) is 7.24. The zero-order valence-corrected chi connectivity index (χ0v) is 17.5. The highest BCUT2D eigenvalue weighted by molar-refractivity contribution is 5.77. The standard InChI is InChI=1S/C18H39N7O3/c1-13(22-16(26)4-7-19)10-25(11-14(2)23-17(27)5-8-20)12-15(3)24-18(28)6-9-21/h13-15H,4-12,19-21H2,1-3H3,(H,22,26)(H,23,27)(H,24,28). The Morgan fingerprint density at radius 1 is 0.643 bits per heavy atom. The number of nitrogens with zero attached hydrogens (tertiary/aromatic N) is 1. The van der Waals surface area contributed by atoms with Crippen LogP contribution in [-0.4, -0.2) is 80.0 Å². The minimum Gasteiger partial charge on any atom is -0.352 e. The summed E-state index contributed by atoms with van der Waals surface area (Å²) in [5.74, 6) is -0.282. The van der Waals surface area contributed by atoms with Crippen LogP contribution in [0.1, 0.15) is 40.0 Å². The summed E-state index contributed by atoms with van der Waals surface area (Å²) < 4.78 is 0. The fraction of sp³-hybridized carbons (Fsp3) is 0.833. The number of nitrogens with one attached hydrogen (secondary N) is 3. The molecule has 3 amide bonds. The molecule has 28 heavy (non-hydrogen) atoms. The van der Waals surface area contributed by atoms with Crippen molar-refractivity contribution >= 4 is 17.7 Å². The first-order valence-electron chi connectivity index (χ1n) is 9.92. The Labute approximate surface area is 168 Å². The van der Waals surface area contributed by atoms with Crippen LogP contribution in [0, 0.1) is 0 Å². The van der Waals surface area contributed by atoms with Crippen LogP contribution in [0.25, 0.3) is 0 Å². The molecule has 0 heterocycles. The molecule has 0 rings (SSSR count). The van der Waals surface area contributed by atoms with Crippen molar-refractivity contribution < 1.29 is 14.4 Å². The van der Waals surface area contributed by atoms with Gasteiger partial charge < -0.3 is 33.2 Å². The topological polar surface area (TPSA) is 169 Å². The SMILES string of the molecule is CC(CN(CC(C)NC(=O)CCN)CC(C)NC(=O)CCN)NC(=O)CCN. The second-order valence-corrected chi connectivity index (χ2v) is 7.24. The molecular weight excluding hydrogens is 362 g/mol. The van der Waals surface area contributed by atoms with E-state index < -0.39 is 0 Å². The normalized spacial score (nSPS) is 14.2. The first-order valence-corrected chi connectivity index (χ1v) is 9.92. The van der Waals surface area contributed by atoms with Crippen molar-refractivity contribution in [2.24, 2.45) is 17.2 Å². The monoisotopic (exact) mass is 401 g/mol. The Morgan fingerprint density at radius 2 is 0.893 bits per heavy atom. The number of carbonyl (C=O) groups excluding carboxylic acids is 3. The van der Waals surface area contributed by atoms with Gasteiger partial charge in [0.1, 0.15) is 0 Å². The molecule has 0 bridgehead atoms. The van der Waals surface area contributed by atoms with Gasteiger partial charge in [-0.1, -0.05) is 0 Å². The molecule has 0 aromatic carbocycles. The summed E-state index contributed by atoms with van der Waals surface area (Å²) in [6.07, 6.45) is 0.838. The summed E-state index contributed by atoms with van der Waals surface area (Å²) in [5, 5.41) is 8.73. The highest BCUT2D eigenvalue weighted by atomic mass is 16.2. The maximum absolute atomic E-state index is 11.8. The average molecular weight is 402 g/mol.